The number of ether oxygens (including phenoxy) is 1. The number of hydrogen-bond acceptors (Lipinski definition) is 4. The third-order valence-corrected chi connectivity index (χ3v) is 4.51. The lowest BCUT2D eigenvalue weighted by molar-refractivity contribution is 0.0651. The second kappa shape index (κ2) is 7.68. The zero-order chi connectivity index (χ0) is 16.9. The maximum atomic E-state index is 5.82. The molecule has 5 heteroatoms. The highest BCUT2D eigenvalue weighted by molar-refractivity contribution is 5.54. The van der Waals surface area contributed by atoms with Crippen molar-refractivity contribution in [3.05, 3.63) is 66.4 Å². The van der Waals surface area contributed by atoms with E-state index in [1.54, 1.807) is 6.26 Å². The van der Waals surface area contributed by atoms with E-state index in [9.17, 15) is 0 Å². The minimum Gasteiger partial charge on any atom is -0.468 e. The molecule has 3 aromatic rings. The van der Waals surface area contributed by atoms with Gasteiger partial charge in [0.1, 0.15) is 11.6 Å². The first-order valence-electron chi connectivity index (χ1n) is 8.82. The van der Waals surface area contributed by atoms with Gasteiger partial charge in [-0.05, 0) is 25.0 Å². The van der Waals surface area contributed by atoms with Gasteiger partial charge in [-0.3, -0.25) is 4.90 Å². The molecule has 130 valence electrons. The van der Waals surface area contributed by atoms with E-state index >= 15 is 0 Å². The van der Waals surface area contributed by atoms with Crippen molar-refractivity contribution in [1.29, 1.82) is 0 Å². The molecular weight excluding hydrogens is 314 g/mol. The van der Waals surface area contributed by atoms with Crippen molar-refractivity contribution < 1.29 is 9.15 Å². The Morgan fingerprint density at radius 1 is 1.12 bits per heavy atom. The minimum absolute atomic E-state index is 0.312. The van der Waals surface area contributed by atoms with Crippen LogP contribution in [0.2, 0.25) is 0 Å². The summed E-state index contributed by atoms with van der Waals surface area (Å²) in [5.74, 6) is 1.88. The second-order valence-corrected chi connectivity index (χ2v) is 6.51. The highest BCUT2D eigenvalue weighted by Gasteiger charge is 2.20. The van der Waals surface area contributed by atoms with Gasteiger partial charge in [-0.1, -0.05) is 30.3 Å². The number of benzene rings is 1. The van der Waals surface area contributed by atoms with Crippen molar-refractivity contribution in [2.45, 2.75) is 32.0 Å². The van der Waals surface area contributed by atoms with Gasteiger partial charge in [0.2, 0.25) is 0 Å². The molecule has 0 bridgehead atoms. The quantitative estimate of drug-likeness (QED) is 0.711. The molecule has 1 unspecified atom stereocenters. The molecule has 3 heterocycles. The molecule has 0 spiro atoms. The number of imidazole rings is 1. The van der Waals surface area contributed by atoms with Crippen LogP contribution in [0.25, 0.3) is 11.4 Å². The predicted molar refractivity (Wildman–Crippen MR) is 95.8 cm³/mol. The Morgan fingerprint density at radius 2 is 2.04 bits per heavy atom. The third kappa shape index (κ3) is 4.18. The van der Waals surface area contributed by atoms with Crippen LogP contribution in [0.4, 0.5) is 0 Å². The van der Waals surface area contributed by atoms with E-state index in [0.717, 1.165) is 61.9 Å². The standard InChI is InChI=1S/C20H23N3O2/c1-2-6-16(7-3-1)20-21-12-17(22-20)13-23(14-18-8-4-10-24-18)15-19-9-5-11-25-19/h1-4,6-8,10,12,19H,5,9,11,13-15H2,(H,21,22). The summed E-state index contributed by atoms with van der Waals surface area (Å²) in [6.45, 7) is 3.34. The molecule has 1 saturated heterocycles. The molecule has 1 aromatic carbocycles. The molecule has 1 N–H and O–H groups in total. The van der Waals surface area contributed by atoms with Crippen molar-refractivity contribution in [2.75, 3.05) is 13.2 Å². The van der Waals surface area contributed by atoms with E-state index < -0.39 is 0 Å². The number of rotatable bonds is 7. The first-order valence-corrected chi connectivity index (χ1v) is 8.82. The fraction of sp³-hybridized carbons (Fsp3) is 0.350. The lowest BCUT2D eigenvalue weighted by atomic mass is 10.2. The summed E-state index contributed by atoms with van der Waals surface area (Å²) in [5.41, 5.74) is 2.20. The summed E-state index contributed by atoms with van der Waals surface area (Å²) >= 11 is 0. The molecular formula is C20H23N3O2. The Labute approximate surface area is 147 Å². The highest BCUT2D eigenvalue weighted by atomic mass is 16.5. The van der Waals surface area contributed by atoms with Crippen LogP contribution < -0.4 is 0 Å². The summed E-state index contributed by atoms with van der Waals surface area (Å²) in [7, 11) is 0. The van der Waals surface area contributed by atoms with Crippen LogP contribution in [-0.2, 0) is 17.8 Å². The van der Waals surface area contributed by atoms with Crippen molar-refractivity contribution in [3.63, 3.8) is 0 Å². The molecule has 4 rings (SSSR count). The van der Waals surface area contributed by atoms with E-state index in [2.05, 4.69) is 27.0 Å². The van der Waals surface area contributed by atoms with Gasteiger partial charge in [-0.15, -0.1) is 0 Å². The molecule has 25 heavy (non-hydrogen) atoms. The van der Waals surface area contributed by atoms with Gasteiger partial charge in [-0.25, -0.2) is 4.98 Å². The summed E-state index contributed by atoms with van der Waals surface area (Å²) in [5, 5.41) is 0. The van der Waals surface area contributed by atoms with Crippen molar-refractivity contribution in [2.24, 2.45) is 0 Å². The summed E-state index contributed by atoms with van der Waals surface area (Å²) < 4.78 is 11.3. The Bertz CT molecular complexity index is 761. The van der Waals surface area contributed by atoms with Gasteiger partial charge in [0.25, 0.3) is 0 Å². The second-order valence-electron chi connectivity index (χ2n) is 6.51. The third-order valence-electron chi connectivity index (χ3n) is 4.51. The van der Waals surface area contributed by atoms with Gasteiger partial charge in [0.15, 0.2) is 0 Å². The first-order chi connectivity index (χ1) is 12.4. The van der Waals surface area contributed by atoms with Gasteiger partial charge >= 0.3 is 0 Å². The number of furan rings is 1. The normalized spacial score (nSPS) is 17.4. The zero-order valence-corrected chi connectivity index (χ0v) is 14.2. The number of nitrogens with zero attached hydrogens (tertiary/aromatic N) is 2. The van der Waals surface area contributed by atoms with Gasteiger partial charge in [0.05, 0.1) is 18.9 Å². The Balaban J connectivity index is 1.46. The molecule has 1 atom stereocenters. The van der Waals surface area contributed by atoms with Crippen LogP contribution in [0, 0.1) is 0 Å². The number of H-pyrrole nitrogens is 1. The average Bonchev–Trinajstić information content (AvgIpc) is 3.38. The molecule has 0 radical (unpaired) electrons. The summed E-state index contributed by atoms with van der Waals surface area (Å²) in [6, 6.07) is 14.1. The van der Waals surface area contributed by atoms with Gasteiger partial charge in [-0.2, -0.15) is 0 Å². The smallest absolute Gasteiger partial charge is 0.137 e. The average molecular weight is 337 g/mol. The minimum atomic E-state index is 0.312. The fourth-order valence-corrected chi connectivity index (χ4v) is 3.31. The Morgan fingerprint density at radius 3 is 2.80 bits per heavy atom. The van der Waals surface area contributed by atoms with Crippen LogP contribution in [-0.4, -0.2) is 34.1 Å². The van der Waals surface area contributed by atoms with Gasteiger partial charge in [0, 0.05) is 37.2 Å². The van der Waals surface area contributed by atoms with Crippen molar-refractivity contribution in [3.8, 4) is 11.4 Å². The van der Waals surface area contributed by atoms with E-state index in [-0.39, 0.29) is 0 Å². The molecule has 1 fully saturated rings. The lowest BCUT2D eigenvalue weighted by Gasteiger charge is -2.23. The summed E-state index contributed by atoms with van der Waals surface area (Å²) in [6.07, 6.45) is 6.25. The van der Waals surface area contributed by atoms with E-state index in [0.29, 0.717) is 6.10 Å². The van der Waals surface area contributed by atoms with Crippen molar-refractivity contribution >= 4 is 0 Å². The van der Waals surface area contributed by atoms with E-state index in [1.807, 2.05) is 36.5 Å². The Kier molecular flexibility index (Phi) is 4.95. The van der Waals surface area contributed by atoms with E-state index in [4.69, 9.17) is 9.15 Å². The fourth-order valence-electron chi connectivity index (χ4n) is 3.31. The SMILES string of the molecule is c1ccc(-c2ncc(CN(Cc3ccco3)CC3CCCO3)[nH]2)cc1. The summed E-state index contributed by atoms with van der Waals surface area (Å²) in [4.78, 5) is 10.3. The maximum absolute atomic E-state index is 5.82. The van der Waals surface area contributed by atoms with Crippen LogP contribution in [0.5, 0.6) is 0 Å². The predicted octanol–water partition coefficient (Wildman–Crippen LogP) is 3.85. The molecule has 1 aliphatic heterocycles. The number of aromatic nitrogens is 2. The topological polar surface area (TPSA) is 54.3 Å². The van der Waals surface area contributed by atoms with Crippen LogP contribution in [0.15, 0.2) is 59.3 Å². The molecule has 2 aromatic heterocycles. The Hall–Kier alpha value is -2.37. The molecule has 0 saturated carbocycles. The molecule has 1 aliphatic rings. The molecule has 0 aliphatic carbocycles. The highest BCUT2D eigenvalue weighted by Crippen LogP contribution is 2.19. The van der Waals surface area contributed by atoms with Crippen LogP contribution in [0.3, 0.4) is 0 Å². The zero-order valence-electron chi connectivity index (χ0n) is 14.2. The molecule has 5 nitrogen and oxygen atoms in total. The van der Waals surface area contributed by atoms with E-state index in [1.165, 1.54) is 0 Å². The number of nitrogens with one attached hydrogen (secondary N) is 1. The first kappa shape index (κ1) is 16.1. The maximum Gasteiger partial charge on any atom is 0.137 e. The molecule has 0 amide bonds. The van der Waals surface area contributed by atoms with Crippen LogP contribution in [0.1, 0.15) is 24.3 Å². The number of aromatic amines is 1. The number of hydrogen-bond donors (Lipinski definition) is 1. The van der Waals surface area contributed by atoms with Crippen molar-refractivity contribution in [1.82, 2.24) is 14.9 Å². The monoisotopic (exact) mass is 337 g/mol. The largest absolute Gasteiger partial charge is 0.468 e. The van der Waals surface area contributed by atoms with Gasteiger partial charge < -0.3 is 14.1 Å². The lowest BCUT2D eigenvalue weighted by Crippen LogP contribution is -2.31. The van der Waals surface area contributed by atoms with Crippen LogP contribution >= 0.6 is 0 Å².